The average Bonchev–Trinajstić information content (AvgIpc) is 2.74. The molecule has 0 saturated carbocycles. The Morgan fingerprint density at radius 1 is 1.20 bits per heavy atom. The van der Waals surface area contributed by atoms with E-state index in [1.807, 2.05) is 6.07 Å². The molecular formula is C11H11FN2O. The lowest BCUT2D eigenvalue weighted by molar-refractivity contribution is 0.372. The van der Waals surface area contributed by atoms with Gasteiger partial charge in [-0.05, 0) is 6.07 Å². The Hall–Kier alpha value is -1.68. The number of nitrogens with zero attached hydrogens (tertiary/aromatic N) is 1. The molecular weight excluding hydrogens is 195 g/mol. The molecule has 0 aliphatic carbocycles. The van der Waals surface area contributed by atoms with Crippen molar-refractivity contribution in [2.45, 2.75) is 13.1 Å². The van der Waals surface area contributed by atoms with E-state index in [-0.39, 0.29) is 5.82 Å². The van der Waals surface area contributed by atoms with Crippen molar-refractivity contribution in [2.75, 3.05) is 0 Å². The first kappa shape index (κ1) is 9.86. The van der Waals surface area contributed by atoms with Crippen LogP contribution < -0.4 is 5.32 Å². The number of halogens is 1. The van der Waals surface area contributed by atoms with E-state index in [0.29, 0.717) is 18.7 Å². The molecule has 15 heavy (non-hydrogen) atoms. The lowest BCUT2D eigenvalue weighted by atomic mass is 10.2. The van der Waals surface area contributed by atoms with Crippen molar-refractivity contribution in [3.8, 4) is 0 Å². The van der Waals surface area contributed by atoms with E-state index in [1.165, 1.54) is 6.07 Å². The standard InChI is InChI=1S/C11H11FN2O/c12-11-4-2-1-3-9(11)7-13-8-10-5-6-14-15-10/h1-6,13H,7-8H2. The third-order valence-corrected chi connectivity index (χ3v) is 2.06. The van der Waals surface area contributed by atoms with Gasteiger partial charge in [0.05, 0.1) is 12.7 Å². The molecule has 78 valence electrons. The highest BCUT2D eigenvalue weighted by Gasteiger charge is 2.00. The van der Waals surface area contributed by atoms with Crippen LogP contribution in [0.25, 0.3) is 0 Å². The maximum absolute atomic E-state index is 13.2. The number of nitrogens with one attached hydrogen (secondary N) is 1. The van der Waals surface area contributed by atoms with Gasteiger partial charge in [-0.15, -0.1) is 0 Å². The second-order valence-corrected chi connectivity index (χ2v) is 3.17. The molecule has 1 N–H and O–H groups in total. The van der Waals surface area contributed by atoms with Crippen LogP contribution in [0, 0.1) is 5.82 Å². The molecule has 0 amide bonds. The molecule has 2 aromatic rings. The zero-order chi connectivity index (χ0) is 10.5. The van der Waals surface area contributed by atoms with Crippen LogP contribution in [-0.4, -0.2) is 5.16 Å². The minimum Gasteiger partial charge on any atom is -0.360 e. The van der Waals surface area contributed by atoms with Crippen molar-refractivity contribution in [1.29, 1.82) is 0 Å². The minimum atomic E-state index is -0.192. The molecule has 0 unspecified atom stereocenters. The van der Waals surface area contributed by atoms with Crippen LogP contribution in [0.15, 0.2) is 41.1 Å². The second kappa shape index (κ2) is 4.70. The van der Waals surface area contributed by atoms with Crippen LogP contribution in [0.5, 0.6) is 0 Å². The molecule has 2 rings (SSSR count). The predicted octanol–water partition coefficient (Wildman–Crippen LogP) is 2.10. The zero-order valence-electron chi connectivity index (χ0n) is 8.11. The van der Waals surface area contributed by atoms with Crippen molar-refractivity contribution in [3.63, 3.8) is 0 Å². The van der Waals surface area contributed by atoms with Crippen molar-refractivity contribution in [1.82, 2.24) is 10.5 Å². The number of rotatable bonds is 4. The normalized spacial score (nSPS) is 10.5. The topological polar surface area (TPSA) is 38.1 Å². The van der Waals surface area contributed by atoms with Gasteiger partial charge in [-0.1, -0.05) is 23.4 Å². The van der Waals surface area contributed by atoms with Gasteiger partial charge in [0, 0.05) is 18.2 Å². The van der Waals surface area contributed by atoms with Gasteiger partial charge in [-0.2, -0.15) is 0 Å². The van der Waals surface area contributed by atoms with Gasteiger partial charge in [0.25, 0.3) is 0 Å². The molecule has 0 radical (unpaired) electrons. The number of benzene rings is 1. The van der Waals surface area contributed by atoms with Gasteiger partial charge in [0.1, 0.15) is 11.6 Å². The van der Waals surface area contributed by atoms with Gasteiger partial charge in [-0.25, -0.2) is 4.39 Å². The molecule has 0 fully saturated rings. The van der Waals surface area contributed by atoms with Crippen molar-refractivity contribution < 1.29 is 8.91 Å². The Kier molecular flexibility index (Phi) is 3.09. The minimum absolute atomic E-state index is 0.192. The summed E-state index contributed by atoms with van der Waals surface area (Å²) < 4.78 is 18.1. The first-order chi connectivity index (χ1) is 7.36. The van der Waals surface area contributed by atoms with Crippen molar-refractivity contribution >= 4 is 0 Å². The summed E-state index contributed by atoms with van der Waals surface area (Å²) in [7, 11) is 0. The van der Waals surface area contributed by atoms with E-state index in [9.17, 15) is 4.39 Å². The van der Waals surface area contributed by atoms with Crippen LogP contribution >= 0.6 is 0 Å². The van der Waals surface area contributed by atoms with E-state index in [4.69, 9.17) is 4.52 Å². The molecule has 1 aromatic carbocycles. The first-order valence-corrected chi connectivity index (χ1v) is 4.70. The predicted molar refractivity (Wildman–Crippen MR) is 53.4 cm³/mol. The molecule has 0 aliphatic heterocycles. The highest BCUT2D eigenvalue weighted by molar-refractivity contribution is 5.16. The summed E-state index contributed by atoms with van der Waals surface area (Å²) >= 11 is 0. The lowest BCUT2D eigenvalue weighted by Gasteiger charge is -2.03. The Bertz CT molecular complexity index is 414. The van der Waals surface area contributed by atoms with E-state index in [1.54, 1.807) is 24.4 Å². The molecule has 1 aromatic heterocycles. The summed E-state index contributed by atoms with van der Waals surface area (Å²) in [5, 5.41) is 6.65. The quantitative estimate of drug-likeness (QED) is 0.832. The maximum atomic E-state index is 13.2. The second-order valence-electron chi connectivity index (χ2n) is 3.17. The fraction of sp³-hybridized carbons (Fsp3) is 0.182. The summed E-state index contributed by atoms with van der Waals surface area (Å²) in [5.74, 6) is 0.550. The van der Waals surface area contributed by atoms with Crippen molar-refractivity contribution in [3.05, 3.63) is 53.7 Å². The largest absolute Gasteiger partial charge is 0.360 e. The molecule has 0 bridgehead atoms. The Balaban J connectivity index is 1.86. The van der Waals surface area contributed by atoms with Crippen LogP contribution in [0.2, 0.25) is 0 Å². The van der Waals surface area contributed by atoms with Crippen LogP contribution in [0.3, 0.4) is 0 Å². The molecule has 0 aliphatic rings. The average molecular weight is 206 g/mol. The molecule has 3 nitrogen and oxygen atoms in total. The van der Waals surface area contributed by atoms with Crippen molar-refractivity contribution in [2.24, 2.45) is 0 Å². The lowest BCUT2D eigenvalue weighted by Crippen LogP contribution is -2.13. The van der Waals surface area contributed by atoms with E-state index in [2.05, 4.69) is 10.5 Å². The van der Waals surface area contributed by atoms with Gasteiger partial charge in [0.15, 0.2) is 0 Å². The number of hydrogen-bond donors (Lipinski definition) is 1. The van der Waals surface area contributed by atoms with E-state index >= 15 is 0 Å². The van der Waals surface area contributed by atoms with Crippen LogP contribution in [0.4, 0.5) is 4.39 Å². The van der Waals surface area contributed by atoms with Gasteiger partial charge >= 0.3 is 0 Å². The van der Waals surface area contributed by atoms with Crippen LogP contribution in [0.1, 0.15) is 11.3 Å². The maximum Gasteiger partial charge on any atom is 0.150 e. The Morgan fingerprint density at radius 3 is 2.80 bits per heavy atom. The monoisotopic (exact) mass is 206 g/mol. The fourth-order valence-electron chi connectivity index (χ4n) is 1.30. The third-order valence-electron chi connectivity index (χ3n) is 2.06. The van der Waals surface area contributed by atoms with E-state index < -0.39 is 0 Å². The summed E-state index contributed by atoms with van der Waals surface area (Å²) in [6.07, 6.45) is 1.58. The fourth-order valence-corrected chi connectivity index (χ4v) is 1.30. The summed E-state index contributed by atoms with van der Waals surface area (Å²) in [6.45, 7) is 1.03. The summed E-state index contributed by atoms with van der Waals surface area (Å²) in [5.41, 5.74) is 0.650. The van der Waals surface area contributed by atoms with E-state index in [0.717, 1.165) is 5.76 Å². The van der Waals surface area contributed by atoms with Gasteiger partial charge in [0.2, 0.25) is 0 Å². The van der Waals surface area contributed by atoms with Gasteiger partial charge < -0.3 is 9.84 Å². The van der Waals surface area contributed by atoms with Crippen LogP contribution in [-0.2, 0) is 13.1 Å². The summed E-state index contributed by atoms with van der Waals surface area (Å²) in [6, 6.07) is 8.46. The highest BCUT2D eigenvalue weighted by Crippen LogP contribution is 2.06. The molecule has 4 heteroatoms. The zero-order valence-corrected chi connectivity index (χ0v) is 8.11. The number of aromatic nitrogens is 1. The SMILES string of the molecule is Fc1ccccc1CNCc1ccno1. The Labute approximate surface area is 86.9 Å². The molecule has 0 atom stereocenters. The highest BCUT2D eigenvalue weighted by atomic mass is 19.1. The van der Waals surface area contributed by atoms with Gasteiger partial charge in [-0.3, -0.25) is 0 Å². The third kappa shape index (κ3) is 2.63. The smallest absolute Gasteiger partial charge is 0.150 e. The molecule has 0 saturated heterocycles. The molecule has 0 spiro atoms. The molecule has 1 heterocycles. The summed E-state index contributed by atoms with van der Waals surface area (Å²) in [4.78, 5) is 0. The number of hydrogen-bond acceptors (Lipinski definition) is 3. The Morgan fingerprint density at radius 2 is 2.07 bits per heavy atom. The first-order valence-electron chi connectivity index (χ1n) is 4.70.